The van der Waals surface area contributed by atoms with E-state index in [1.54, 1.807) is 0 Å². The number of halogens is 2. The van der Waals surface area contributed by atoms with Crippen molar-refractivity contribution >= 4 is 24.8 Å². The van der Waals surface area contributed by atoms with Crippen LogP contribution in [-0.4, -0.2) is 50.4 Å². The molecule has 0 aliphatic carbocycles. The largest absolute Gasteiger partial charge is 0.491 e. The minimum absolute atomic E-state index is 0. The Morgan fingerprint density at radius 2 is 1.79 bits per heavy atom. The molecule has 0 bridgehead atoms. The highest BCUT2D eigenvalue weighted by molar-refractivity contribution is 5.85. The minimum Gasteiger partial charge on any atom is -0.491 e. The summed E-state index contributed by atoms with van der Waals surface area (Å²) in [6.45, 7) is 3.29. The van der Waals surface area contributed by atoms with Gasteiger partial charge in [-0.1, -0.05) is 12.1 Å². The van der Waals surface area contributed by atoms with Crippen molar-refractivity contribution in [3.8, 4) is 5.75 Å². The molecule has 0 unspecified atom stereocenters. The van der Waals surface area contributed by atoms with Gasteiger partial charge in [-0.3, -0.25) is 0 Å². The maximum absolute atomic E-state index is 8.63. The monoisotopic (exact) mass is 310 g/mol. The maximum Gasteiger partial charge on any atom is 0.119 e. The summed E-state index contributed by atoms with van der Waals surface area (Å²) in [6.07, 6.45) is 0. The molecule has 0 spiro atoms. The van der Waals surface area contributed by atoms with Crippen LogP contribution in [0.4, 0.5) is 0 Å². The molecule has 0 fully saturated rings. The highest BCUT2D eigenvalue weighted by Crippen LogP contribution is 2.11. The highest BCUT2D eigenvalue weighted by atomic mass is 35.5. The molecule has 0 amide bonds. The molecule has 1 aromatic rings. The van der Waals surface area contributed by atoms with Gasteiger partial charge in [0.1, 0.15) is 12.4 Å². The lowest BCUT2D eigenvalue weighted by Crippen LogP contribution is -2.26. The zero-order valence-corrected chi connectivity index (χ0v) is 13.1. The van der Waals surface area contributed by atoms with Crippen molar-refractivity contribution in [2.24, 2.45) is 0 Å². The number of hydrogen-bond acceptors (Lipinski definition) is 4. The summed E-state index contributed by atoms with van der Waals surface area (Å²) in [5.74, 6) is 0.802. The number of benzene rings is 1. The van der Waals surface area contributed by atoms with Crippen molar-refractivity contribution < 1.29 is 9.84 Å². The Morgan fingerprint density at radius 1 is 1.16 bits per heavy atom. The van der Waals surface area contributed by atoms with E-state index in [1.165, 1.54) is 5.56 Å². The summed E-state index contributed by atoms with van der Waals surface area (Å²) in [7, 11) is 4.13. The lowest BCUT2D eigenvalue weighted by molar-refractivity contribution is 0.201. The van der Waals surface area contributed by atoms with Gasteiger partial charge in [0.15, 0.2) is 0 Å². The number of aliphatic hydroxyl groups is 1. The number of ether oxygens (including phenoxy) is 1. The molecule has 0 aliphatic heterocycles. The van der Waals surface area contributed by atoms with E-state index in [2.05, 4.69) is 24.3 Å². The Balaban J connectivity index is 0. The zero-order valence-electron chi connectivity index (χ0n) is 11.5. The smallest absolute Gasteiger partial charge is 0.119 e. The predicted molar refractivity (Wildman–Crippen MR) is 83.8 cm³/mol. The third-order valence-corrected chi connectivity index (χ3v) is 2.35. The van der Waals surface area contributed by atoms with Crippen molar-refractivity contribution in [3.05, 3.63) is 29.8 Å². The topological polar surface area (TPSA) is 44.7 Å². The Hall–Kier alpha value is -0.520. The maximum atomic E-state index is 8.63. The van der Waals surface area contributed by atoms with Crippen molar-refractivity contribution in [1.82, 2.24) is 10.2 Å². The number of nitrogens with zero attached hydrogens (tertiary/aromatic N) is 1. The van der Waals surface area contributed by atoms with Crippen LogP contribution in [0.2, 0.25) is 0 Å². The number of hydrogen-bond donors (Lipinski definition) is 2. The van der Waals surface area contributed by atoms with Crippen LogP contribution in [0.25, 0.3) is 0 Å². The summed E-state index contributed by atoms with van der Waals surface area (Å²) < 4.78 is 5.29. The average molecular weight is 311 g/mol. The van der Waals surface area contributed by atoms with Crippen LogP contribution in [0.1, 0.15) is 5.56 Å². The SMILES string of the molecule is CN(C)CCNCc1ccc(OCCO)cc1.Cl.Cl. The van der Waals surface area contributed by atoms with Gasteiger partial charge in [0.2, 0.25) is 0 Å². The Kier molecular flexibility index (Phi) is 13.7. The van der Waals surface area contributed by atoms with Crippen LogP contribution >= 0.6 is 24.8 Å². The summed E-state index contributed by atoms with van der Waals surface area (Å²) in [4.78, 5) is 2.15. The van der Waals surface area contributed by atoms with Gasteiger partial charge in [-0.05, 0) is 31.8 Å². The van der Waals surface area contributed by atoms with Gasteiger partial charge < -0.3 is 20.1 Å². The average Bonchev–Trinajstić information content (AvgIpc) is 2.33. The zero-order chi connectivity index (χ0) is 12.5. The summed E-state index contributed by atoms with van der Waals surface area (Å²) in [5, 5.41) is 12.0. The van der Waals surface area contributed by atoms with E-state index in [4.69, 9.17) is 9.84 Å². The molecule has 0 radical (unpaired) electrons. The van der Waals surface area contributed by atoms with Gasteiger partial charge in [-0.2, -0.15) is 0 Å². The normalized spacial score (nSPS) is 9.68. The van der Waals surface area contributed by atoms with Gasteiger partial charge in [0.05, 0.1) is 6.61 Å². The molecular formula is C13H24Cl2N2O2. The summed E-state index contributed by atoms with van der Waals surface area (Å²) in [5.41, 5.74) is 1.24. The van der Waals surface area contributed by atoms with Crippen molar-refractivity contribution in [1.29, 1.82) is 0 Å². The van der Waals surface area contributed by atoms with Crippen molar-refractivity contribution in [2.45, 2.75) is 6.54 Å². The highest BCUT2D eigenvalue weighted by Gasteiger charge is 1.96. The predicted octanol–water partition coefficient (Wildman–Crippen LogP) is 1.55. The first-order valence-corrected chi connectivity index (χ1v) is 5.90. The van der Waals surface area contributed by atoms with Gasteiger partial charge in [-0.25, -0.2) is 0 Å². The second-order valence-electron chi connectivity index (χ2n) is 4.20. The third kappa shape index (κ3) is 9.99. The second kappa shape index (κ2) is 12.5. The van der Waals surface area contributed by atoms with Gasteiger partial charge in [0.25, 0.3) is 0 Å². The molecule has 1 rings (SSSR count). The van der Waals surface area contributed by atoms with Gasteiger partial charge >= 0.3 is 0 Å². The number of nitrogens with one attached hydrogen (secondary N) is 1. The molecule has 0 heterocycles. The van der Waals surface area contributed by atoms with E-state index in [9.17, 15) is 0 Å². The molecular weight excluding hydrogens is 287 g/mol. The quantitative estimate of drug-likeness (QED) is 0.715. The fourth-order valence-corrected chi connectivity index (χ4v) is 1.40. The molecule has 0 atom stereocenters. The molecule has 0 aromatic heterocycles. The van der Waals surface area contributed by atoms with Crippen molar-refractivity contribution in [2.75, 3.05) is 40.4 Å². The second-order valence-corrected chi connectivity index (χ2v) is 4.20. The first-order chi connectivity index (χ1) is 8.22. The molecule has 4 nitrogen and oxygen atoms in total. The van der Waals surface area contributed by atoms with Crippen LogP contribution in [-0.2, 0) is 6.54 Å². The van der Waals surface area contributed by atoms with Gasteiger partial charge in [0, 0.05) is 19.6 Å². The van der Waals surface area contributed by atoms with E-state index >= 15 is 0 Å². The molecule has 19 heavy (non-hydrogen) atoms. The van der Waals surface area contributed by atoms with E-state index in [1.807, 2.05) is 24.3 Å². The molecule has 6 heteroatoms. The van der Waals surface area contributed by atoms with E-state index < -0.39 is 0 Å². The number of rotatable bonds is 8. The van der Waals surface area contributed by atoms with Gasteiger partial charge in [-0.15, -0.1) is 24.8 Å². The van der Waals surface area contributed by atoms with E-state index in [-0.39, 0.29) is 31.4 Å². The Bertz CT molecular complexity index is 308. The van der Waals surface area contributed by atoms with E-state index in [0.29, 0.717) is 6.61 Å². The standard InChI is InChI=1S/C13H22N2O2.2ClH/c1-15(2)8-7-14-11-12-3-5-13(6-4-12)17-10-9-16;;/h3-6,14,16H,7-11H2,1-2H3;2*1H. The minimum atomic E-state index is 0. The molecule has 1 aromatic carbocycles. The molecule has 112 valence electrons. The molecule has 0 aliphatic rings. The summed E-state index contributed by atoms with van der Waals surface area (Å²) in [6, 6.07) is 7.93. The lowest BCUT2D eigenvalue weighted by atomic mass is 10.2. The summed E-state index contributed by atoms with van der Waals surface area (Å²) >= 11 is 0. The Labute approximate surface area is 128 Å². The number of aliphatic hydroxyl groups excluding tert-OH is 1. The molecule has 2 N–H and O–H groups in total. The first-order valence-electron chi connectivity index (χ1n) is 5.90. The fourth-order valence-electron chi connectivity index (χ4n) is 1.40. The van der Waals surface area contributed by atoms with Crippen LogP contribution in [0.5, 0.6) is 5.75 Å². The lowest BCUT2D eigenvalue weighted by Gasteiger charge is -2.10. The van der Waals surface area contributed by atoms with Crippen molar-refractivity contribution in [3.63, 3.8) is 0 Å². The Morgan fingerprint density at radius 3 is 2.32 bits per heavy atom. The van der Waals surface area contributed by atoms with Crippen LogP contribution in [0.3, 0.4) is 0 Å². The van der Waals surface area contributed by atoms with Crippen LogP contribution in [0, 0.1) is 0 Å². The van der Waals surface area contributed by atoms with E-state index in [0.717, 1.165) is 25.4 Å². The molecule has 0 saturated heterocycles. The van der Waals surface area contributed by atoms with Crippen LogP contribution in [0.15, 0.2) is 24.3 Å². The number of likely N-dealkylation sites (N-methyl/N-ethyl adjacent to an activating group) is 1. The molecule has 0 saturated carbocycles. The van der Waals surface area contributed by atoms with Crippen LogP contribution < -0.4 is 10.1 Å². The third-order valence-electron chi connectivity index (χ3n) is 2.35. The fraction of sp³-hybridized carbons (Fsp3) is 0.538. The first kappa shape index (κ1) is 20.8.